The van der Waals surface area contributed by atoms with Crippen LogP contribution in [0.15, 0.2) is 0 Å². The smallest absolute Gasteiger partial charge is 0.317 e. The van der Waals surface area contributed by atoms with Gasteiger partial charge in [0, 0.05) is 12.6 Å². The Morgan fingerprint density at radius 3 is 2.44 bits per heavy atom. The fraction of sp³-hybridized carbons (Fsp3) is 1.00. The van der Waals surface area contributed by atoms with Crippen molar-refractivity contribution in [3.05, 3.63) is 0 Å². The minimum atomic E-state index is -4.08. The molecule has 0 aromatic carbocycles. The van der Waals surface area contributed by atoms with Crippen LogP contribution in [0.5, 0.6) is 0 Å². The molecule has 0 bridgehead atoms. The Bertz CT molecular complexity index is 206. The molecular formula is C11H21F3N2. The minimum absolute atomic E-state index is 0.353. The molecule has 2 atom stereocenters. The molecule has 0 aromatic heterocycles. The van der Waals surface area contributed by atoms with Crippen molar-refractivity contribution < 1.29 is 13.2 Å². The Hall–Kier alpha value is -0.290. The zero-order chi connectivity index (χ0) is 12.2. The molecule has 2 nitrogen and oxygen atoms in total. The second-order valence-electron chi connectivity index (χ2n) is 4.75. The third-order valence-corrected chi connectivity index (χ3v) is 3.28. The molecule has 1 N–H and O–H groups in total. The highest BCUT2D eigenvalue weighted by Crippen LogP contribution is 2.25. The van der Waals surface area contributed by atoms with E-state index in [1.807, 2.05) is 7.05 Å². The topological polar surface area (TPSA) is 15.3 Å². The van der Waals surface area contributed by atoms with Crippen LogP contribution in [0.3, 0.4) is 0 Å². The zero-order valence-electron chi connectivity index (χ0n) is 9.98. The molecule has 2 unspecified atom stereocenters. The van der Waals surface area contributed by atoms with Crippen molar-refractivity contribution in [1.82, 2.24) is 10.2 Å². The molecule has 0 saturated heterocycles. The molecule has 0 aliphatic heterocycles. The Balaban J connectivity index is 2.39. The normalized spacial score (nSPS) is 27.4. The molecule has 0 spiro atoms. The molecule has 0 aromatic rings. The summed E-state index contributed by atoms with van der Waals surface area (Å²) in [5.41, 5.74) is 0. The van der Waals surface area contributed by atoms with Crippen LogP contribution >= 0.6 is 0 Å². The van der Waals surface area contributed by atoms with Gasteiger partial charge in [0.25, 0.3) is 0 Å². The third-order valence-electron chi connectivity index (χ3n) is 3.28. The second kappa shape index (κ2) is 5.87. The molecule has 0 heterocycles. The molecule has 1 rings (SSSR count). The Morgan fingerprint density at radius 1 is 1.25 bits per heavy atom. The van der Waals surface area contributed by atoms with Crippen LogP contribution in [0, 0.1) is 5.92 Å². The number of nitrogens with one attached hydrogen (secondary N) is 1. The van der Waals surface area contributed by atoms with E-state index in [1.165, 1.54) is 11.3 Å². The average Bonchev–Trinajstić information content (AvgIpc) is 2.15. The standard InChI is InChI=1S/C11H21F3N2/c1-15-10-6-4-3-5-9(10)7-16(2)8-11(12,13)14/h9-10,15H,3-8H2,1-2H3. The lowest BCUT2D eigenvalue weighted by Gasteiger charge is -2.34. The van der Waals surface area contributed by atoms with E-state index in [2.05, 4.69) is 5.32 Å². The van der Waals surface area contributed by atoms with Gasteiger partial charge in [0.1, 0.15) is 0 Å². The molecule has 0 amide bonds. The predicted molar refractivity (Wildman–Crippen MR) is 58.4 cm³/mol. The van der Waals surface area contributed by atoms with Crippen LogP contribution in [0.4, 0.5) is 13.2 Å². The summed E-state index contributed by atoms with van der Waals surface area (Å²) >= 11 is 0. The van der Waals surface area contributed by atoms with Crippen molar-refractivity contribution in [3.8, 4) is 0 Å². The maximum atomic E-state index is 12.2. The second-order valence-corrected chi connectivity index (χ2v) is 4.75. The van der Waals surface area contributed by atoms with Crippen molar-refractivity contribution in [1.29, 1.82) is 0 Å². The van der Waals surface area contributed by atoms with Crippen LogP contribution in [0.25, 0.3) is 0 Å². The average molecular weight is 238 g/mol. The fourth-order valence-electron chi connectivity index (χ4n) is 2.58. The summed E-state index contributed by atoms with van der Waals surface area (Å²) in [5.74, 6) is 0.353. The SMILES string of the molecule is CNC1CCCCC1CN(C)CC(F)(F)F. The summed E-state index contributed by atoms with van der Waals surface area (Å²) in [7, 11) is 3.45. The Labute approximate surface area is 95.2 Å². The largest absolute Gasteiger partial charge is 0.401 e. The van der Waals surface area contributed by atoms with Gasteiger partial charge in [-0.2, -0.15) is 13.2 Å². The van der Waals surface area contributed by atoms with E-state index in [-0.39, 0.29) is 0 Å². The Kier molecular flexibility index (Phi) is 5.05. The van der Waals surface area contributed by atoms with Gasteiger partial charge in [0.05, 0.1) is 6.54 Å². The first-order valence-electron chi connectivity index (χ1n) is 5.85. The van der Waals surface area contributed by atoms with Crippen molar-refractivity contribution in [3.63, 3.8) is 0 Å². The van der Waals surface area contributed by atoms with Gasteiger partial charge in [-0.1, -0.05) is 12.8 Å². The van der Waals surface area contributed by atoms with Crippen LogP contribution < -0.4 is 5.32 Å². The van der Waals surface area contributed by atoms with E-state index in [4.69, 9.17) is 0 Å². The highest BCUT2D eigenvalue weighted by atomic mass is 19.4. The number of nitrogens with zero attached hydrogens (tertiary/aromatic N) is 1. The van der Waals surface area contributed by atoms with E-state index in [9.17, 15) is 13.2 Å². The number of halogens is 3. The first-order chi connectivity index (χ1) is 7.42. The Morgan fingerprint density at radius 2 is 1.88 bits per heavy atom. The molecular weight excluding hydrogens is 217 g/mol. The third kappa shape index (κ3) is 4.70. The monoisotopic (exact) mass is 238 g/mol. The molecule has 1 aliphatic carbocycles. The quantitative estimate of drug-likeness (QED) is 0.808. The van der Waals surface area contributed by atoms with Crippen molar-refractivity contribution in [2.24, 2.45) is 5.92 Å². The lowest BCUT2D eigenvalue weighted by Crippen LogP contribution is -2.43. The van der Waals surface area contributed by atoms with E-state index in [1.54, 1.807) is 7.05 Å². The number of rotatable bonds is 4. The summed E-state index contributed by atoms with van der Waals surface area (Å²) in [6.07, 6.45) is 0.362. The van der Waals surface area contributed by atoms with E-state index >= 15 is 0 Å². The van der Waals surface area contributed by atoms with Gasteiger partial charge < -0.3 is 5.32 Å². The van der Waals surface area contributed by atoms with Gasteiger partial charge in [-0.25, -0.2) is 0 Å². The lowest BCUT2D eigenvalue weighted by molar-refractivity contribution is -0.144. The zero-order valence-corrected chi connectivity index (χ0v) is 9.98. The summed E-state index contributed by atoms with van der Waals surface area (Å²) < 4.78 is 36.5. The van der Waals surface area contributed by atoms with Gasteiger partial charge in [0.2, 0.25) is 0 Å². The highest BCUT2D eigenvalue weighted by molar-refractivity contribution is 4.82. The van der Waals surface area contributed by atoms with Gasteiger partial charge in [-0.15, -0.1) is 0 Å². The summed E-state index contributed by atoms with van der Waals surface area (Å²) in [5, 5.41) is 3.21. The van der Waals surface area contributed by atoms with Crippen LogP contribution in [0.2, 0.25) is 0 Å². The minimum Gasteiger partial charge on any atom is -0.317 e. The van der Waals surface area contributed by atoms with Gasteiger partial charge in [-0.05, 0) is 32.9 Å². The van der Waals surface area contributed by atoms with Crippen LogP contribution in [-0.2, 0) is 0 Å². The van der Waals surface area contributed by atoms with Gasteiger partial charge in [-0.3, -0.25) is 4.90 Å². The molecule has 1 aliphatic rings. The molecule has 5 heteroatoms. The molecule has 0 radical (unpaired) electrons. The van der Waals surface area contributed by atoms with Gasteiger partial charge in [0.15, 0.2) is 0 Å². The van der Waals surface area contributed by atoms with Crippen molar-refractivity contribution in [2.75, 3.05) is 27.2 Å². The molecule has 1 saturated carbocycles. The van der Waals surface area contributed by atoms with E-state index in [0.29, 0.717) is 18.5 Å². The summed E-state index contributed by atoms with van der Waals surface area (Å²) in [6.45, 7) is -0.273. The molecule has 1 fully saturated rings. The number of hydrogen-bond acceptors (Lipinski definition) is 2. The van der Waals surface area contributed by atoms with Crippen molar-refractivity contribution >= 4 is 0 Å². The maximum absolute atomic E-state index is 12.2. The molecule has 96 valence electrons. The number of hydrogen-bond donors (Lipinski definition) is 1. The summed E-state index contributed by atoms with van der Waals surface area (Å²) in [6, 6.07) is 0.379. The van der Waals surface area contributed by atoms with Crippen LogP contribution in [-0.4, -0.2) is 44.3 Å². The van der Waals surface area contributed by atoms with Crippen molar-refractivity contribution in [2.45, 2.75) is 37.9 Å². The number of alkyl halides is 3. The highest BCUT2D eigenvalue weighted by Gasteiger charge is 2.31. The lowest BCUT2D eigenvalue weighted by atomic mass is 9.84. The molecule has 16 heavy (non-hydrogen) atoms. The maximum Gasteiger partial charge on any atom is 0.401 e. The predicted octanol–water partition coefficient (Wildman–Crippen LogP) is 2.26. The van der Waals surface area contributed by atoms with E-state index in [0.717, 1.165) is 19.3 Å². The fourth-order valence-corrected chi connectivity index (χ4v) is 2.58. The van der Waals surface area contributed by atoms with Gasteiger partial charge >= 0.3 is 6.18 Å². The first-order valence-corrected chi connectivity index (χ1v) is 5.85. The van der Waals surface area contributed by atoms with E-state index < -0.39 is 12.7 Å². The first kappa shape index (κ1) is 13.8. The summed E-state index contributed by atoms with van der Waals surface area (Å²) in [4.78, 5) is 1.39. The van der Waals surface area contributed by atoms with Crippen LogP contribution in [0.1, 0.15) is 25.7 Å².